The third-order valence-corrected chi connectivity index (χ3v) is 5.89. The summed E-state index contributed by atoms with van der Waals surface area (Å²) in [7, 11) is -1.66. The first-order valence-electron chi connectivity index (χ1n) is 7.56. The molecule has 1 aliphatic heterocycles. The Bertz CT molecular complexity index is 396. The summed E-state index contributed by atoms with van der Waals surface area (Å²) in [6, 6.07) is 0.0408. The van der Waals surface area contributed by atoms with Crippen LogP contribution in [0.5, 0.6) is 0 Å². The number of hydrogen-bond acceptors (Lipinski definition) is 4. The van der Waals surface area contributed by atoms with Crippen molar-refractivity contribution in [1.29, 1.82) is 0 Å². The van der Waals surface area contributed by atoms with Crippen molar-refractivity contribution in [3.05, 3.63) is 0 Å². The second-order valence-electron chi connectivity index (χ2n) is 5.82. The Morgan fingerprint density at radius 3 is 2.75 bits per heavy atom. The SMILES string of the molecule is CCNCC1CCCN(S(=O)(=O)NC2CC(OC)C2)C1. The van der Waals surface area contributed by atoms with Gasteiger partial charge >= 0.3 is 0 Å². The Labute approximate surface area is 122 Å². The number of nitrogens with one attached hydrogen (secondary N) is 2. The Kier molecular flexibility index (Phi) is 5.80. The number of ether oxygens (including phenoxy) is 1. The van der Waals surface area contributed by atoms with Crippen molar-refractivity contribution < 1.29 is 13.2 Å². The molecule has 0 amide bonds. The van der Waals surface area contributed by atoms with E-state index in [2.05, 4.69) is 17.0 Å². The predicted octanol–water partition coefficient (Wildman–Crippen LogP) is 0.320. The van der Waals surface area contributed by atoms with E-state index in [1.54, 1.807) is 11.4 Å². The number of rotatable bonds is 7. The summed E-state index contributed by atoms with van der Waals surface area (Å²) in [5, 5.41) is 3.31. The fourth-order valence-corrected chi connectivity index (χ4v) is 4.44. The summed E-state index contributed by atoms with van der Waals surface area (Å²) in [5.74, 6) is 0.424. The van der Waals surface area contributed by atoms with Gasteiger partial charge in [0, 0.05) is 26.2 Å². The van der Waals surface area contributed by atoms with Crippen LogP contribution in [-0.2, 0) is 14.9 Å². The standard InChI is InChI=1S/C13H27N3O3S/c1-3-14-9-11-5-4-6-16(10-11)20(17,18)15-12-7-13(8-12)19-2/h11-15H,3-10H2,1-2H3. The molecule has 1 aliphatic carbocycles. The lowest BCUT2D eigenvalue weighted by Gasteiger charge is -2.37. The number of hydrogen-bond donors (Lipinski definition) is 2. The molecule has 6 nitrogen and oxygen atoms in total. The number of piperidine rings is 1. The Morgan fingerprint density at radius 1 is 1.35 bits per heavy atom. The fourth-order valence-electron chi connectivity index (χ4n) is 2.90. The van der Waals surface area contributed by atoms with Crippen LogP contribution in [-0.4, -0.2) is 58.2 Å². The normalized spacial score (nSPS) is 32.0. The van der Waals surface area contributed by atoms with E-state index in [4.69, 9.17) is 4.74 Å². The van der Waals surface area contributed by atoms with Gasteiger partial charge in [0.15, 0.2) is 0 Å². The third-order valence-electron chi connectivity index (χ3n) is 4.25. The summed E-state index contributed by atoms with van der Waals surface area (Å²) in [6.45, 7) is 5.17. The topological polar surface area (TPSA) is 70.7 Å². The van der Waals surface area contributed by atoms with E-state index in [0.29, 0.717) is 19.0 Å². The van der Waals surface area contributed by atoms with Gasteiger partial charge in [-0.3, -0.25) is 0 Å². The first kappa shape index (κ1) is 16.2. The van der Waals surface area contributed by atoms with Gasteiger partial charge in [0.25, 0.3) is 10.2 Å². The van der Waals surface area contributed by atoms with Crippen LogP contribution in [0.1, 0.15) is 32.6 Å². The Balaban J connectivity index is 1.82. The molecule has 2 N–H and O–H groups in total. The van der Waals surface area contributed by atoms with Crippen LogP contribution in [0.25, 0.3) is 0 Å². The van der Waals surface area contributed by atoms with Crippen molar-refractivity contribution in [3.8, 4) is 0 Å². The Morgan fingerprint density at radius 2 is 2.10 bits per heavy atom. The highest BCUT2D eigenvalue weighted by Gasteiger charge is 2.35. The molecule has 2 aliphatic rings. The highest BCUT2D eigenvalue weighted by molar-refractivity contribution is 7.87. The number of nitrogens with zero attached hydrogens (tertiary/aromatic N) is 1. The first-order chi connectivity index (χ1) is 9.55. The van der Waals surface area contributed by atoms with Crippen LogP contribution in [0.3, 0.4) is 0 Å². The minimum atomic E-state index is -3.33. The Hall–Kier alpha value is -0.210. The largest absolute Gasteiger partial charge is 0.381 e. The maximum Gasteiger partial charge on any atom is 0.279 e. The molecule has 2 rings (SSSR count). The molecule has 1 atom stereocenters. The van der Waals surface area contributed by atoms with Gasteiger partial charge in [-0.2, -0.15) is 17.4 Å². The zero-order chi connectivity index (χ0) is 14.6. The lowest BCUT2D eigenvalue weighted by atomic mass is 9.90. The van der Waals surface area contributed by atoms with Crippen molar-refractivity contribution in [2.24, 2.45) is 5.92 Å². The van der Waals surface area contributed by atoms with Gasteiger partial charge in [-0.25, -0.2) is 0 Å². The zero-order valence-corrected chi connectivity index (χ0v) is 13.3. The molecule has 7 heteroatoms. The molecule has 1 saturated carbocycles. The maximum absolute atomic E-state index is 12.4. The van der Waals surface area contributed by atoms with Gasteiger partial charge in [0.05, 0.1) is 6.10 Å². The van der Waals surface area contributed by atoms with Gasteiger partial charge in [0.2, 0.25) is 0 Å². The average molecular weight is 305 g/mol. The molecule has 1 saturated heterocycles. The summed E-state index contributed by atoms with van der Waals surface area (Å²) >= 11 is 0. The molecule has 0 aromatic rings. The van der Waals surface area contributed by atoms with E-state index in [1.807, 2.05) is 0 Å². The van der Waals surface area contributed by atoms with Gasteiger partial charge in [-0.1, -0.05) is 6.92 Å². The van der Waals surface area contributed by atoms with Crippen LogP contribution in [0.4, 0.5) is 0 Å². The smallest absolute Gasteiger partial charge is 0.279 e. The highest BCUT2D eigenvalue weighted by atomic mass is 32.2. The highest BCUT2D eigenvalue weighted by Crippen LogP contribution is 2.25. The molecule has 0 spiro atoms. The molecule has 0 radical (unpaired) electrons. The summed E-state index contributed by atoms with van der Waals surface area (Å²) in [4.78, 5) is 0. The van der Waals surface area contributed by atoms with Crippen LogP contribution < -0.4 is 10.0 Å². The minimum Gasteiger partial charge on any atom is -0.381 e. The van der Waals surface area contributed by atoms with E-state index < -0.39 is 10.2 Å². The number of methoxy groups -OCH3 is 1. The molecule has 1 heterocycles. The molecular formula is C13H27N3O3S. The van der Waals surface area contributed by atoms with Crippen LogP contribution in [0, 0.1) is 5.92 Å². The van der Waals surface area contributed by atoms with Crippen LogP contribution in [0.2, 0.25) is 0 Å². The van der Waals surface area contributed by atoms with Crippen molar-refractivity contribution in [2.45, 2.75) is 44.8 Å². The minimum absolute atomic E-state index is 0.0408. The quantitative estimate of drug-likeness (QED) is 0.711. The fraction of sp³-hybridized carbons (Fsp3) is 1.00. The van der Waals surface area contributed by atoms with Gasteiger partial charge in [0.1, 0.15) is 0 Å². The molecule has 0 aromatic carbocycles. The van der Waals surface area contributed by atoms with Gasteiger partial charge in [-0.05, 0) is 44.7 Å². The van der Waals surface area contributed by atoms with Crippen LogP contribution in [0.15, 0.2) is 0 Å². The average Bonchev–Trinajstić information content (AvgIpc) is 2.40. The first-order valence-corrected chi connectivity index (χ1v) is 9.00. The van der Waals surface area contributed by atoms with E-state index in [0.717, 1.165) is 38.8 Å². The van der Waals surface area contributed by atoms with Crippen molar-refractivity contribution in [2.75, 3.05) is 33.3 Å². The predicted molar refractivity (Wildman–Crippen MR) is 78.7 cm³/mol. The lowest BCUT2D eigenvalue weighted by Crippen LogP contribution is -2.54. The molecule has 118 valence electrons. The molecule has 0 aromatic heterocycles. The third kappa shape index (κ3) is 4.14. The van der Waals surface area contributed by atoms with Gasteiger partial charge in [-0.15, -0.1) is 0 Å². The summed E-state index contributed by atoms with van der Waals surface area (Å²) < 4.78 is 34.3. The second kappa shape index (κ2) is 7.17. The molecule has 1 unspecified atom stereocenters. The monoisotopic (exact) mass is 305 g/mol. The van der Waals surface area contributed by atoms with Gasteiger partial charge < -0.3 is 10.1 Å². The molecule has 20 heavy (non-hydrogen) atoms. The van der Waals surface area contributed by atoms with Crippen molar-refractivity contribution in [3.63, 3.8) is 0 Å². The van der Waals surface area contributed by atoms with E-state index in [-0.39, 0.29) is 12.1 Å². The molecule has 0 bridgehead atoms. The van der Waals surface area contributed by atoms with E-state index in [1.165, 1.54) is 0 Å². The summed E-state index contributed by atoms with van der Waals surface area (Å²) in [6.07, 6.45) is 3.83. The maximum atomic E-state index is 12.4. The van der Waals surface area contributed by atoms with E-state index >= 15 is 0 Å². The molecule has 2 fully saturated rings. The zero-order valence-electron chi connectivity index (χ0n) is 12.5. The molecular weight excluding hydrogens is 278 g/mol. The lowest BCUT2D eigenvalue weighted by molar-refractivity contribution is 0.0231. The van der Waals surface area contributed by atoms with E-state index in [9.17, 15) is 8.42 Å². The van der Waals surface area contributed by atoms with Crippen molar-refractivity contribution in [1.82, 2.24) is 14.3 Å². The van der Waals surface area contributed by atoms with Crippen molar-refractivity contribution >= 4 is 10.2 Å². The van der Waals surface area contributed by atoms with Crippen LogP contribution >= 0.6 is 0 Å². The summed E-state index contributed by atoms with van der Waals surface area (Å²) in [5.41, 5.74) is 0. The second-order valence-corrected chi connectivity index (χ2v) is 7.53.